The van der Waals surface area contributed by atoms with Crippen molar-refractivity contribution in [2.75, 3.05) is 18.3 Å². The van der Waals surface area contributed by atoms with E-state index in [0.29, 0.717) is 17.8 Å². The zero-order valence-corrected chi connectivity index (χ0v) is 10.5. The van der Waals surface area contributed by atoms with Crippen molar-refractivity contribution >= 4 is 23.2 Å². The number of alkyl halides is 2. The molecule has 0 fully saturated rings. The second kappa shape index (κ2) is 7.10. The van der Waals surface area contributed by atoms with Crippen molar-refractivity contribution in [3.8, 4) is 0 Å². The van der Waals surface area contributed by atoms with Crippen LogP contribution < -0.4 is 5.32 Å². The van der Waals surface area contributed by atoms with Crippen molar-refractivity contribution in [2.24, 2.45) is 0 Å². The lowest BCUT2D eigenvalue weighted by Gasteiger charge is -2.15. The number of halogens is 2. The Bertz CT molecular complexity index is 271. The van der Waals surface area contributed by atoms with Gasteiger partial charge < -0.3 is 5.32 Å². The second-order valence-corrected chi connectivity index (χ2v) is 4.37. The van der Waals surface area contributed by atoms with Crippen LogP contribution in [0.3, 0.4) is 0 Å². The van der Waals surface area contributed by atoms with E-state index in [1.807, 2.05) is 0 Å². The first kappa shape index (κ1) is 12.8. The van der Waals surface area contributed by atoms with Gasteiger partial charge in [-0.3, -0.25) is 0 Å². The van der Waals surface area contributed by atoms with Gasteiger partial charge in [0.05, 0.1) is 0 Å². The number of rotatable bonds is 6. The summed E-state index contributed by atoms with van der Waals surface area (Å²) >= 11 is 11.5. The molecule has 0 saturated heterocycles. The summed E-state index contributed by atoms with van der Waals surface area (Å²) in [4.78, 5) is 0. The van der Waals surface area contributed by atoms with Crippen LogP contribution in [0.25, 0.3) is 0 Å². The molecular weight excluding hydrogens is 229 g/mol. The number of benzene rings is 1. The molecule has 1 unspecified atom stereocenters. The quantitative estimate of drug-likeness (QED) is 0.761. The van der Waals surface area contributed by atoms with Crippen LogP contribution in [0.1, 0.15) is 11.1 Å². The maximum absolute atomic E-state index is 5.88. The van der Waals surface area contributed by atoms with Crippen molar-refractivity contribution in [1.82, 2.24) is 5.32 Å². The van der Waals surface area contributed by atoms with Crippen LogP contribution in [0.15, 0.2) is 24.3 Å². The highest BCUT2D eigenvalue weighted by Crippen LogP contribution is 2.07. The molecule has 1 N–H and O–H groups in total. The van der Waals surface area contributed by atoms with Crippen LogP contribution in [0.5, 0.6) is 0 Å². The predicted molar refractivity (Wildman–Crippen MR) is 68.1 cm³/mol. The van der Waals surface area contributed by atoms with E-state index >= 15 is 0 Å². The number of hydrogen-bond acceptors (Lipinski definition) is 1. The lowest BCUT2D eigenvalue weighted by molar-refractivity contribution is 0.572. The van der Waals surface area contributed by atoms with Crippen molar-refractivity contribution in [2.45, 2.75) is 19.4 Å². The van der Waals surface area contributed by atoms with E-state index in [4.69, 9.17) is 23.2 Å². The molecule has 0 bridgehead atoms. The van der Waals surface area contributed by atoms with Crippen LogP contribution in [-0.4, -0.2) is 24.3 Å². The van der Waals surface area contributed by atoms with Crippen molar-refractivity contribution < 1.29 is 0 Å². The summed E-state index contributed by atoms with van der Waals surface area (Å²) < 4.78 is 0. The summed E-state index contributed by atoms with van der Waals surface area (Å²) in [6, 6.07) is 8.87. The first-order valence-electron chi connectivity index (χ1n) is 5.17. The van der Waals surface area contributed by atoms with E-state index in [2.05, 4.69) is 36.5 Å². The van der Waals surface area contributed by atoms with Gasteiger partial charge in [-0.05, 0) is 18.9 Å². The fourth-order valence-corrected chi connectivity index (χ4v) is 1.78. The molecule has 0 aliphatic rings. The molecule has 1 rings (SSSR count). The molecule has 0 amide bonds. The van der Waals surface area contributed by atoms with Gasteiger partial charge in [0.1, 0.15) is 0 Å². The molecule has 1 aromatic carbocycles. The highest BCUT2D eigenvalue weighted by molar-refractivity contribution is 6.18. The van der Waals surface area contributed by atoms with E-state index < -0.39 is 0 Å². The Labute approximate surface area is 102 Å². The molecule has 1 aromatic rings. The van der Waals surface area contributed by atoms with Crippen LogP contribution in [0.2, 0.25) is 0 Å². The Morgan fingerprint density at radius 2 is 1.87 bits per heavy atom. The molecule has 15 heavy (non-hydrogen) atoms. The van der Waals surface area contributed by atoms with E-state index in [1.165, 1.54) is 11.1 Å². The average molecular weight is 246 g/mol. The average Bonchev–Trinajstić information content (AvgIpc) is 2.27. The molecule has 0 saturated carbocycles. The van der Waals surface area contributed by atoms with Crippen molar-refractivity contribution in [3.63, 3.8) is 0 Å². The van der Waals surface area contributed by atoms with Gasteiger partial charge in [0.15, 0.2) is 0 Å². The minimum atomic E-state index is 0.313. The van der Waals surface area contributed by atoms with Gasteiger partial charge in [0.25, 0.3) is 0 Å². The summed E-state index contributed by atoms with van der Waals surface area (Å²) in [5.74, 6) is 1.24. The highest BCUT2D eigenvalue weighted by atomic mass is 35.5. The third-order valence-electron chi connectivity index (χ3n) is 2.32. The first-order chi connectivity index (χ1) is 7.26. The van der Waals surface area contributed by atoms with Crippen molar-refractivity contribution in [3.05, 3.63) is 35.4 Å². The monoisotopic (exact) mass is 245 g/mol. The van der Waals surface area contributed by atoms with E-state index in [-0.39, 0.29) is 0 Å². The standard InChI is InChI=1S/C12H17Cl2N/c1-10-2-4-11(5-3-10)8-12(9-14)15-7-6-13/h2-5,12,15H,6-9H2,1H3. The van der Waals surface area contributed by atoms with E-state index in [1.54, 1.807) is 0 Å². The molecule has 0 radical (unpaired) electrons. The number of aryl methyl sites for hydroxylation is 1. The van der Waals surface area contributed by atoms with Crippen LogP contribution in [-0.2, 0) is 6.42 Å². The third-order valence-corrected chi connectivity index (χ3v) is 2.88. The molecule has 0 aliphatic heterocycles. The molecule has 0 aromatic heterocycles. The fraction of sp³-hybridized carbons (Fsp3) is 0.500. The van der Waals surface area contributed by atoms with Crippen LogP contribution >= 0.6 is 23.2 Å². The summed E-state index contributed by atoms with van der Waals surface area (Å²) in [6.07, 6.45) is 0.959. The van der Waals surface area contributed by atoms with Gasteiger partial charge in [-0.25, -0.2) is 0 Å². The zero-order chi connectivity index (χ0) is 11.1. The van der Waals surface area contributed by atoms with Gasteiger partial charge in [-0.2, -0.15) is 0 Å². The molecule has 0 heterocycles. The molecule has 1 atom stereocenters. The normalized spacial score (nSPS) is 12.7. The molecule has 1 nitrogen and oxygen atoms in total. The second-order valence-electron chi connectivity index (χ2n) is 3.68. The number of hydrogen-bond donors (Lipinski definition) is 1. The lowest BCUT2D eigenvalue weighted by Crippen LogP contribution is -2.34. The molecule has 0 spiro atoms. The Balaban J connectivity index is 2.47. The smallest absolute Gasteiger partial charge is 0.0380 e. The SMILES string of the molecule is Cc1ccc(CC(CCl)NCCCl)cc1. The Kier molecular flexibility index (Phi) is 6.07. The van der Waals surface area contributed by atoms with Crippen LogP contribution in [0, 0.1) is 6.92 Å². The lowest BCUT2D eigenvalue weighted by atomic mass is 10.1. The molecular formula is C12H17Cl2N. The van der Waals surface area contributed by atoms with Gasteiger partial charge in [-0.15, -0.1) is 23.2 Å². The minimum Gasteiger partial charge on any atom is -0.311 e. The van der Waals surface area contributed by atoms with E-state index in [0.717, 1.165) is 13.0 Å². The Hall–Kier alpha value is -0.240. The summed E-state index contributed by atoms with van der Waals surface area (Å²) in [6.45, 7) is 2.90. The molecule has 3 heteroatoms. The maximum Gasteiger partial charge on any atom is 0.0380 e. The first-order valence-corrected chi connectivity index (χ1v) is 6.24. The summed E-state index contributed by atoms with van der Waals surface area (Å²) in [5, 5.41) is 3.32. The van der Waals surface area contributed by atoms with Crippen LogP contribution in [0.4, 0.5) is 0 Å². The van der Waals surface area contributed by atoms with E-state index in [9.17, 15) is 0 Å². The Morgan fingerprint density at radius 3 is 2.40 bits per heavy atom. The van der Waals surface area contributed by atoms with Gasteiger partial charge in [0.2, 0.25) is 0 Å². The fourth-order valence-electron chi connectivity index (χ4n) is 1.45. The van der Waals surface area contributed by atoms with Gasteiger partial charge in [0, 0.05) is 24.3 Å². The predicted octanol–water partition coefficient (Wildman–Crippen LogP) is 2.97. The molecule has 0 aliphatic carbocycles. The maximum atomic E-state index is 5.88. The van der Waals surface area contributed by atoms with Crippen molar-refractivity contribution in [1.29, 1.82) is 0 Å². The summed E-state index contributed by atoms with van der Waals surface area (Å²) in [7, 11) is 0. The van der Waals surface area contributed by atoms with Gasteiger partial charge >= 0.3 is 0 Å². The largest absolute Gasteiger partial charge is 0.311 e. The summed E-state index contributed by atoms with van der Waals surface area (Å²) in [5.41, 5.74) is 2.60. The highest BCUT2D eigenvalue weighted by Gasteiger charge is 2.06. The topological polar surface area (TPSA) is 12.0 Å². The zero-order valence-electron chi connectivity index (χ0n) is 8.97. The minimum absolute atomic E-state index is 0.313. The Morgan fingerprint density at radius 1 is 1.20 bits per heavy atom. The number of nitrogens with one attached hydrogen (secondary N) is 1. The van der Waals surface area contributed by atoms with Gasteiger partial charge in [-0.1, -0.05) is 29.8 Å². The molecule has 84 valence electrons. The third kappa shape index (κ3) is 4.87.